The molecule has 0 radical (unpaired) electrons. The number of hydrogen-bond acceptors (Lipinski definition) is 7. The summed E-state index contributed by atoms with van der Waals surface area (Å²) in [6, 6.07) is 8.98. The smallest absolute Gasteiger partial charge is 0.317 e. The number of aromatic nitrogens is 3. The molecule has 3 heterocycles. The standard InChI is InChI=1S/C25H35N7O2S/c1-18-7-5-8-19(17-18)21-22(27-20-9-3-4-10-20)32-24(28-21)35-25(29-32)31-14-12-30(13-15-31)23(33)26-11-6-16-34-2/h5,7-8,17,20,27H,3-4,6,9-16H2,1-2H3,(H,26,33). The highest BCUT2D eigenvalue weighted by molar-refractivity contribution is 7.20. The van der Waals surface area contributed by atoms with E-state index in [4.69, 9.17) is 14.8 Å². The summed E-state index contributed by atoms with van der Waals surface area (Å²) in [5.41, 5.74) is 3.32. The first-order valence-corrected chi connectivity index (χ1v) is 13.4. The number of carbonyl (C=O) groups excluding carboxylic acids is 1. The zero-order valence-corrected chi connectivity index (χ0v) is 21.4. The Morgan fingerprint density at radius 2 is 2.00 bits per heavy atom. The van der Waals surface area contributed by atoms with Crippen molar-refractivity contribution in [3.63, 3.8) is 0 Å². The average molecular weight is 498 g/mol. The van der Waals surface area contributed by atoms with Crippen molar-refractivity contribution in [3.8, 4) is 11.3 Å². The average Bonchev–Trinajstić information content (AvgIpc) is 3.60. The molecule has 0 bridgehead atoms. The maximum Gasteiger partial charge on any atom is 0.317 e. The Morgan fingerprint density at radius 3 is 2.74 bits per heavy atom. The quantitative estimate of drug-likeness (QED) is 0.458. The number of fused-ring (bicyclic) bond motifs is 1. The summed E-state index contributed by atoms with van der Waals surface area (Å²) in [4.78, 5) is 22.5. The van der Waals surface area contributed by atoms with Crippen molar-refractivity contribution >= 4 is 33.3 Å². The summed E-state index contributed by atoms with van der Waals surface area (Å²) in [6.07, 6.45) is 5.74. The third kappa shape index (κ3) is 5.38. The number of aryl methyl sites for hydroxylation is 1. The normalized spacial score (nSPS) is 16.9. The largest absolute Gasteiger partial charge is 0.385 e. The van der Waals surface area contributed by atoms with Crippen LogP contribution in [0.1, 0.15) is 37.7 Å². The fraction of sp³-hybridized carbons (Fsp3) is 0.560. The summed E-state index contributed by atoms with van der Waals surface area (Å²) in [6.45, 7) is 6.29. The second-order valence-electron chi connectivity index (χ2n) is 9.44. The lowest BCUT2D eigenvalue weighted by Crippen LogP contribution is -2.52. The first-order valence-electron chi connectivity index (χ1n) is 12.6. The Balaban J connectivity index is 1.31. The van der Waals surface area contributed by atoms with E-state index in [0.29, 0.717) is 32.3 Å². The first kappa shape index (κ1) is 23.9. The topological polar surface area (TPSA) is 87.0 Å². The van der Waals surface area contributed by atoms with Crippen molar-refractivity contribution in [1.29, 1.82) is 0 Å². The lowest BCUT2D eigenvalue weighted by Gasteiger charge is -2.34. The van der Waals surface area contributed by atoms with Crippen LogP contribution in [-0.4, -0.2) is 78.0 Å². The number of anilines is 2. The Bertz CT molecular complexity index is 1150. The second kappa shape index (κ2) is 10.8. The fourth-order valence-corrected chi connectivity index (χ4v) is 5.83. The Labute approximate surface area is 210 Å². The Kier molecular flexibility index (Phi) is 7.38. The third-order valence-electron chi connectivity index (χ3n) is 6.82. The molecule has 1 aromatic carbocycles. The van der Waals surface area contributed by atoms with Crippen molar-refractivity contribution in [2.75, 3.05) is 56.7 Å². The number of carbonyl (C=O) groups is 1. The number of benzene rings is 1. The van der Waals surface area contributed by atoms with Gasteiger partial charge >= 0.3 is 6.03 Å². The number of rotatable bonds is 8. The lowest BCUT2D eigenvalue weighted by atomic mass is 10.1. The number of nitrogens with zero attached hydrogens (tertiary/aromatic N) is 5. The molecule has 2 aromatic heterocycles. The van der Waals surface area contributed by atoms with Gasteiger partial charge in [0.15, 0.2) is 5.82 Å². The molecular weight excluding hydrogens is 462 g/mol. The van der Waals surface area contributed by atoms with Gasteiger partial charge in [-0.15, -0.1) is 5.10 Å². The molecule has 3 aromatic rings. The molecule has 10 heteroatoms. The van der Waals surface area contributed by atoms with E-state index in [1.165, 1.54) is 31.2 Å². The molecule has 1 aliphatic heterocycles. The van der Waals surface area contributed by atoms with Crippen molar-refractivity contribution in [2.24, 2.45) is 0 Å². The van der Waals surface area contributed by atoms with E-state index in [2.05, 4.69) is 46.7 Å². The van der Waals surface area contributed by atoms with Gasteiger partial charge in [-0.05, 0) is 32.3 Å². The number of piperazine rings is 1. The molecule has 1 aliphatic carbocycles. The molecule has 188 valence electrons. The number of nitrogens with one attached hydrogen (secondary N) is 2. The van der Waals surface area contributed by atoms with Crippen LogP contribution in [-0.2, 0) is 4.74 Å². The number of amides is 2. The van der Waals surface area contributed by atoms with Gasteiger partial charge in [0.1, 0.15) is 5.69 Å². The highest BCUT2D eigenvalue weighted by Gasteiger charge is 2.26. The van der Waals surface area contributed by atoms with E-state index in [-0.39, 0.29) is 6.03 Å². The predicted octanol–water partition coefficient (Wildman–Crippen LogP) is 3.99. The monoisotopic (exact) mass is 497 g/mol. The Morgan fingerprint density at radius 1 is 1.20 bits per heavy atom. The van der Waals surface area contributed by atoms with Crippen LogP contribution in [0.25, 0.3) is 16.2 Å². The molecule has 0 spiro atoms. The van der Waals surface area contributed by atoms with E-state index < -0.39 is 0 Å². The van der Waals surface area contributed by atoms with Crippen LogP contribution in [0.3, 0.4) is 0 Å². The SMILES string of the molecule is COCCCNC(=O)N1CCN(c2nn3c(NC4CCCC4)c(-c4cccc(C)c4)nc3s2)CC1. The number of imidazole rings is 1. The fourth-order valence-electron chi connectivity index (χ4n) is 4.88. The van der Waals surface area contributed by atoms with E-state index in [9.17, 15) is 4.79 Å². The van der Waals surface area contributed by atoms with Crippen LogP contribution in [0, 0.1) is 6.92 Å². The molecule has 5 rings (SSSR count). The van der Waals surface area contributed by atoms with Crippen LogP contribution < -0.4 is 15.5 Å². The van der Waals surface area contributed by atoms with Crippen LogP contribution in [0.4, 0.5) is 15.7 Å². The summed E-state index contributed by atoms with van der Waals surface area (Å²) >= 11 is 1.62. The molecular formula is C25H35N7O2S. The number of ether oxygens (including phenoxy) is 1. The minimum absolute atomic E-state index is 0.000501. The van der Waals surface area contributed by atoms with Crippen molar-refractivity contribution < 1.29 is 9.53 Å². The van der Waals surface area contributed by atoms with Crippen LogP contribution in [0.2, 0.25) is 0 Å². The van der Waals surface area contributed by atoms with Gasteiger partial charge < -0.3 is 25.2 Å². The predicted molar refractivity (Wildman–Crippen MR) is 141 cm³/mol. The summed E-state index contributed by atoms with van der Waals surface area (Å²) in [5.74, 6) is 0.995. The molecule has 1 saturated carbocycles. The number of hydrogen-bond donors (Lipinski definition) is 2. The van der Waals surface area contributed by atoms with E-state index in [1.807, 2.05) is 9.42 Å². The first-order chi connectivity index (χ1) is 17.1. The minimum Gasteiger partial charge on any atom is -0.385 e. The third-order valence-corrected chi connectivity index (χ3v) is 7.79. The van der Waals surface area contributed by atoms with Crippen molar-refractivity contribution in [1.82, 2.24) is 24.8 Å². The molecule has 2 aliphatic rings. The van der Waals surface area contributed by atoms with E-state index in [1.54, 1.807) is 18.4 Å². The van der Waals surface area contributed by atoms with E-state index >= 15 is 0 Å². The van der Waals surface area contributed by atoms with Crippen molar-refractivity contribution in [3.05, 3.63) is 29.8 Å². The van der Waals surface area contributed by atoms with Gasteiger partial charge in [0.05, 0.1) is 0 Å². The second-order valence-corrected chi connectivity index (χ2v) is 10.4. The number of urea groups is 1. The van der Waals surface area contributed by atoms with Gasteiger partial charge in [0.2, 0.25) is 10.1 Å². The summed E-state index contributed by atoms with van der Waals surface area (Å²) < 4.78 is 7.04. The molecule has 2 N–H and O–H groups in total. The van der Waals surface area contributed by atoms with Crippen LogP contribution in [0.15, 0.2) is 24.3 Å². The summed E-state index contributed by atoms with van der Waals surface area (Å²) in [7, 11) is 1.67. The Hall–Kier alpha value is -2.85. The van der Waals surface area contributed by atoms with Gasteiger partial charge in [-0.2, -0.15) is 4.52 Å². The van der Waals surface area contributed by atoms with Gasteiger partial charge in [-0.1, -0.05) is 47.9 Å². The zero-order chi connectivity index (χ0) is 24.2. The maximum absolute atomic E-state index is 12.4. The highest BCUT2D eigenvalue weighted by Crippen LogP contribution is 2.35. The van der Waals surface area contributed by atoms with Crippen molar-refractivity contribution in [2.45, 2.75) is 45.1 Å². The highest BCUT2D eigenvalue weighted by atomic mass is 32.1. The molecule has 0 unspecified atom stereocenters. The number of methoxy groups -OCH3 is 1. The van der Waals surface area contributed by atoms with Gasteiger partial charge in [-0.3, -0.25) is 0 Å². The van der Waals surface area contributed by atoms with Crippen LogP contribution in [0.5, 0.6) is 0 Å². The minimum atomic E-state index is 0.000501. The lowest BCUT2D eigenvalue weighted by molar-refractivity contribution is 0.183. The van der Waals surface area contributed by atoms with Gasteiger partial charge in [0, 0.05) is 58.0 Å². The summed E-state index contributed by atoms with van der Waals surface area (Å²) in [5, 5.41) is 12.7. The molecule has 2 fully saturated rings. The molecule has 1 saturated heterocycles. The molecule has 35 heavy (non-hydrogen) atoms. The van der Waals surface area contributed by atoms with E-state index in [0.717, 1.165) is 46.7 Å². The molecule has 2 amide bonds. The zero-order valence-electron chi connectivity index (χ0n) is 20.6. The van der Waals surface area contributed by atoms with Gasteiger partial charge in [0.25, 0.3) is 0 Å². The maximum atomic E-state index is 12.4. The van der Waals surface area contributed by atoms with Gasteiger partial charge in [-0.25, -0.2) is 9.78 Å². The van der Waals surface area contributed by atoms with Crippen LogP contribution >= 0.6 is 11.3 Å². The molecule has 0 atom stereocenters. The molecule has 9 nitrogen and oxygen atoms in total.